The van der Waals surface area contributed by atoms with E-state index in [0.29, 0.717) is 12.8 Å². The molecule has 0 heterocycles. The third-order valence-corrected chi connectivity index (χ3v) is 4.72. The number of amides is 2. The average Bonchev–Trinajstić information content (AvgIpc) is 2.81. The van der Waals surface area contributed by atoms with Gasteiger partial charge in [-0.2, -0.15) is 0 Å². The van der Waals surface area contributed by atoms with Crippen LogP contribution in [0.2, 0.25) is 0 Å². The number of carbonyl (C=O) groups excluding carboxylic acids is 3. The number of anilines is 1. The third-order valence-electron chi connectivity index (χ3n) is 4.72. The van der Waals surface area contributed by atoms with E-state index < -0.39 is 41.1 Å². The molecule has 9 heteroatoms. The Balaban J connectivity index is 2.19. The SMILES string of the molecule is C=CCOC(=O)[C@H](CCC)N(C)C(=O)c1cc(F)cc(NC(=O)OCc2ccccc2)c1O. The molecule has 8 nitrogen and oxygen atoms in total. The summed E-state index contributed by atoms with van der Waals surface area (Å²) in [6.45, 7) is 5.24. The van der Waals surface area contributed by atoms with Crippen LogP contribution in [-0.2, 0) is 20.9 Å². The highest BCUT2D eigenvalue weighted by Gasteiger charge is 2.30. The molecule has 0 saturated heterocycles. The number of hydrogen-bond acceptors (Lipinski definition) is 6. The smallest absolute Gasteiger partial charge is 0.412 e. The molecule has 2 rings (SSSR count). The zero-order valence-corrected chi connectivity index (χ0v) is 18.5. The van der Waals surface area contributed by atoms with Crippen molar-refractivity contribution in [1.29, 1.82) is 0 Å². The van der Waals surface area contributed by atoms with Crippen molar-refractivity contribution in [2.45, 2.75) is 32.4 Å². The van der Waals surface area contributed by atoms with Crippen molar-refractivity contribution < 1.29 is 33.4 Å². The zero-order valence-electron chi connectivity index (χ0n) is 18.5. The predicted octanol–water partition coefficient (Wildman–Crippen LogP) is 4.25. The van der Waals surface area contributed by atoms with Crippen LogP contribution in [0.4, 0.5) is 14.9 Å². The first-order valence-electron chi connectivity index (χ1n) is 10.3. The van der Waals surface area contributed by atoms with Crippen LogP contribution in [0.3, 0.4) is 0 Å². The summed E-state index contributed by atoms with van der Waals surface area (Å²) < 4.78 is 24.3. The van der Waals surface area contributed by atoms with E-state index in [1.165, 1.54) is 13.1 Å². The number of ether oxygens (including phenoxy) is 2. The number of halogens is 1. The van der Waals surface area contributed by atoms with Gasteiger partial charge in [-0.1, -0.05) is 56.3 Å². The summed E-state index contributed by atoms with van der Waals surface area (Å²) >= 11 is 0. The lowest BCUT2D eigenvalue weighted by atomic mass is 10.1. The van der Waals surface area contributed by atoms with Gasteiger partial charge in [0, 0.05) is 13.1 Å². The van der Waals surface area contributed by atoms with E-state index in [-0.39, 0.29) is 18.9 Å². The minimum atomic E-state index is -0.947. The number of nitrogens with zero attached hydrogens (tertiary/aromatic N) is 1. The Kier molecular flexibility index (Phi) is 9.41. The van der Waals surface area contributed by atoms with Crippen LogP contribution in [0.1, 0.15) is 35.7 Å². The summed E-state index contributed by atoms with van der Waals surface area (Å²) in [7, 11) is 1.35. The highest BCUT2D eigenvalue weighted by Crippen LogP contribution is 2.31. The van der Waals surface area contributed by atoms with E-state index in [1.54, 1.807) is 24.3 Å². The summed E-state index contributed by atoms with van der Waals surface area (Å²) in [6, 6.07) is 9.62. The van der Waals surface area contributed by atoms with E-state index in [0.717, 1.165) is 22.6 Å². The molecule has 176 valence electrons. The number of benzene rings is 2. The van der Waals surface area contributed by atoms with Gasteiger partial charge in [0.25, 0.3) is 5.91 Å². The molecule has 0 unspecified atom stereocenters. The number of carbonyl (C=O) groups is 3. The Morgan fingerprint density at radius 3 is 2.55 bits per heavy atom. The summed E-state index contributed by atoms with van der Waals surface area (Å²) in [5.41, 5.74) is -0.0292. The lowest BCUT2D eigenvalue weighted by Crippen LogP contribution is -2.43. The van der Waals surface area contributed by atoms with Crippen LogP contribution in [-0.4, -0.2) is 47.7 Å². The molecule has 2 aromatic rings. The molecule has 0 saturated carbocycles. The summed E-state index contributed by atoms with van der Waals surface area (Å²) in [4.78, 5) is 38.5. The molecule has 1 atom stereocenters. The van der Waals surface area contributed by atoms with Gasteiger partial charge >= 0.3 is 12.1 Å². The molecule has 33 heavy (non-hydrogen) atoms. The molecule has 0 aliphatic carbocycles. The largest absolute Gasteiger partial charge is 0.505 e. The van der Waals surface area contributed by atoms with Gasteiger partial charge in [0.1, 0.15) is 25.1 Å². The third kappa shape index (κ3) is 7.06. The molecule has 0 bridgehead atoms. The van der Waals surface area contributed by atoms with Crippen molar-refractivity contribution >= 4 is 23.7 Å². The van der Waals surface area contributed by atoms with E-state index in [2.05, 4.69) is 11.9 Å². The molecule has 2 amide bonds. The van der Waals surface area contributed by atoms with Gasteiger partial charge in [-0.15, -0.1) is 0 Å². The molecular formula is C24H27FN2O6. The topological polar surface area (TPSA) is 105 Å². The maximum atomic E-state index is 14.2. The Labute approximate surface area is 191 Å². The molecule has 0 aliphatic heterocycles. The number of hydrogen-bond donors (Lipinski definition) is 2. The van der Waals surface area contributed by atoms with Crippen molar-refractivity contribution in [1.82, 2.24) is 4.90 Å². The Morgan fingerprint density at radius 2 is 1.91 bits per heavy atom. The quantitative estimate of drug-likeness (QED) is 0.313. The van der Waals surface area contributed by atoms with Gasteiger partial charge in [-0.05, 0) is 18.1 Å². The molecule has 0 fully saturated rings. The van der Waals surface area contributed by atoms with Crippen LogP contribution in [0, 0.1) is 5.82 Å². The summed E-state index contributed by atoms with van der Waals surface area (Å²) in [5, 5.41) is 12.8. The molecule has 2 N–H and O–H groups in total. The van der Waals surface area contributed by atoms with Crippen LogP contribution >= 0.6 is 0 Å². The van der Waals surface area contributed by atoms with Crippen molar-refractivity contribution in [3.8, 4) is 5.75 Å². The molecule has 0 radical (unpaired) electrons. The number of aromatic hydroxyl groups is 1. The predicted molar refractivity (Wildman–Crippen MR) is 120 cm³/mol. The lowest BCUT2D eigenvalue weighted by molar-refractivity contribution is -0.147. The summed E-state index contributed by atoms with van der Waals surface area (Å²) in [6.07, 6.45) is 1.32. The number of nitrogens with one attached hydrogen (secondary N) is 1. The van der Waals surface area contributed by atoms with Gasteiger partial charge in [-0.3, -0.25) is 10.1 Å². The van der Waals surface area contributed by atoms with Gasteiger partial charge in [-0.25, -0.2) is 14.0 Å². The van der Waals surface area contributed by atoms with Crippen molar-refractivity contribution in [2.75, 3.05) is 19.0 Å². The van der Waals surface area contributed by atoms with Gasteiger partial charge < -0.3 is 19.5 Å². The second-order valence-electron chi connectivity index (χ2n) is 7.18. The summed E-state index contributed by atoms with van der Waals surface area (Å²) in [5.74, 6) is -2.99. The highest BCUT2D eigenvalue weighted by molar-refractivity contribution is 6.01. The van der Waals surface area contributed by atoms with E-state index in [1.807, 2.05) is 13.0 Å². The van der Waals surface area contributed by atoms with Crippen molar-refractivity contribution in [2.24, 2.45) is 0 Å². The minimum Gasteiger partial charge on any atom is -0.505 e. The minimum absolute atomic E-state index is 0.0224. The lowest BCUT2D eigenvalue weighted by Gasteiger charge is -2.26. The maximum Gasteiger partial charge on any atom is 0.412 e. The van der Waals surface area contributed by atoms with E-state index >= 15 is 0 Å². The molecule has 0 aromatic heterocycles. The second kappa shape index (κ2) is 12.2. The van der Waals surface area contributed by atoms with E-state index in [4.69, 9.17) is 9.47 Å². The molecule has 0 spiro atoms. The first-order valence-corrected chi connectivity index (χ1v) is 10.3. The fraction of sp³-hybridized carbons (Fsp3) is 0.292. The van der Waals surface area contributed by atoms with Crippen LogP contribution in [0.5, 0.6) is 5.75 Å². The Hall–Kier alpha value is -3.88. The highest BCUT2D eigenvalue weighted by atomic mass is 19.1. The average molecular weight is 458 g/mol. The van der Waals surface area contributed by atoms with Crippen LogP contribution in [0.25, 0.3) is 0 Å². The zero-order chi connectivity index (χ0) is 24.4. The van der Waals surface area contributed by atoms with Gasteiger partial charge in [0.2, 0.25) is 0 Å². The number of phenolic OH excluding ortho intramolecular Hbond substituents is 1. The first kappa shape index (κ1) is 25.4. The van der Waals surface area contributed by atoms with E-state index in [9.17, 15) is 23.9 Å². The molecular weight excluding hydrogens is 431 g/mol. The number of phenols is 1. The van der Waals surface area contributed by atoms with Gasteiger partial charge in [0.05, 0.1) is 11.3 Å². The normalized spacial score (nSPS) is 11.2. The van der Waals surface area contributed by atoms with Crippen molar-refractivity contribution in [3.63, 3.8) is 0 Å². The molecule has 0 aliphatic rings. The Bertz CT molecular complexity index is 996. The number of rotatable bonds is 10. The molecule has 2 aromatic carbocycles. The fourth-order valence-electron chi connectivity index (χ4n) is 3.04. The standard InChI is InChI=1S/C24H27FN2O6/c1-4-9-20(23(30)32-12-5-2)27(3)22(29)18-13-17(25)14-19(21(18)28)26-24(31)33-15-16-10-7-6-8-11-16/h5-8,10-11,13-14,20,28H,2,4,9,12,15H2,1,3H3,(H,26,31)/t20-/m0/s1. The van der Waals surface area contributed by atoms with Gasteiger partial charge in [0.15, 0.2) is 5.75 Å². The number of likely N-dealkylation sites (N-methyl/N-ethyl adjacent to an activating group) is 1. The first-order chi connectivity index (χ1) is 15.8. The Morgan fingerprint density at radius 1 is 1.21 bits per heavy atom. The maximum absolute atomic E-state index is 14.2. The fourth-order valence-corrected chi connectivity index (χ4v) is 3.04. The second-order valence-corrected chi connectivity index (χ2v) is 7.18. The van der Waals surface area contributed by atoms with Crippen molar-refractivity contribution in [3.05, 3.63) is 72.1 Å². The monoisotopic (exact) mass is 458 g/mol. The van der Waals surface area contributed by atoms with Crippen LogP contribution in [0.15, 0.2) is 55.1 Å². The van der Waals surface area contributed by atoms with Crippen LogP contribution < -0.4 is 5.32 Å². The number of esters is 1.